The van der Waals surface area contributed by atoms with E-state index in [1.807, 2.05) is 6.07 Å². The molecular weight excluding hydrogens is 262 g/mol. The van der Waals surface area contributed by atoms with Gasteiger partial charge in [0.1, 0.15) is 5.84 Å². The maximum atomic E-state index is 8.91. The minimum Gasteiger partial charge on any atom is -0.409 e. The summed E-state index contributed by atoms with van der Waals surface area (Å²) in [6, 6.07) is 11.1. The van der Waals surface area contributed by atoms with Gasteiger partial charge in [-0.2, -0.15) is 0 Å². The highest BCUT2D eigenvalue weighted by molar-refractivity contribution is 5.80. The summed E-state index contributed by atoms with van der Waals surface area (Å²) < 4.78 is 0. The predicted octanol–water partition coefficient (Wildman–Crippen LogP) is 3.52. The third kappa shape index (κ3) is 4.46. The van der Waals surface area contributed by atoms with Crippen molar-refractivity contribution >= 4 is 5.84 Å². The van der Waals surface area contributed by atoms with Gasteiger partial charge in [0.2, 0.25) is 0 Å². The first-order valence-corrected chi connectivity index (χ1v) is 7.95. The minimum atomic E-state index is 0.171. The number of hydrogen-bond acceptors (Lipinski definition) is 3. The van der Waals surface area contributed by atoms with Gasteiger partial charge < -0.3 is 10.9 Å². The fourth-order valence-electron chi connectivity index (χ4n) is 3.33. The third-order valence-corrected chi connectivity index (χ3v) is 4.61. The zero-order valence-electron chi connectivity index (χ0n) is 12.9. The summed E-state index contributed by atoms with van der Waals surface area (Å²) in [7, 11) is 2.18. The molecule has 1 fully saturated rings. The molecule has 0 heterocycles. The van der Waals surface area contributed by atoms with Gasteiger partial charge in [-0.25, -0.2) is 0 Å². The van der Waals surface area contributed by atoms with Crippen molar-refractivity contribution in [2.75, 3.05) is 7.05 Å². The molecule has 3 N–H and O–H groups in total. The average Bonchev–Trinajstić information content (AvgIpc) is 2.81. The smallest absolute Gasteiger partial charge is 0.141 e. The molecule has 1 aromatic rings. The number of rotatable bonds is 5. The summed E-state index contributed by atoms with van der Waals surface area (Å²) in [6.07, 6.45) is 8.36. The van der Waals surface area contributed by atoms with Crippen molar-refractivity contribution in [2.24, 2.45) is 10.9 Å². The Hall–Kier alpha value is -1.55. The van der Waals surface area contributed by atoms with Crippen LogP contribution in [0.3, 0.4) is 0 Å². The van der Waals surface area contributed by atoms with Crippen LogP contribution < -0.4 is 5.73 Å². The Morgan fingerprint density at radius 1 is 1.24 bits per heavy atom. The van der Waals surface area contributed by atoms with E-state index < -0.39 is 0 Å². The van der Waals surface area contributed by atoms with Gasteiger partial charge in [-0.3, -0.25) is 4.90 Å². The molecule has 116 valence electrons. The first-order valence-electron chi connectivity index (χ1n) is 7.95. The standard InChI is InChI=1S/C17H27N3O/c1-20(15-11-7-2-3-8-12-15)16(13-17(18)19-21)14-9-5-4-6-10-14/h4-6,9-10,15-16,21H,2-3,7-8,11-13H2,1H3,(H2,18,19). The predicted molar refractivity (Wildman–Crippen MR) is 86.5 cm³/mol. The average molecular weight is 289 g/mol. The fraction of sp³-hybridized carbons (Fsp3) is 0.588. The molecule has 0 spiro atoms. The van der Waals surface area contributed by atoms with Gasteiger partial charge in [0.15, 0.2) is 0 Å². The third-order valence-electron chi connectivity index (χ3n) is 4.61. The lowest BCUT2D eigenvalue weighted by Crippen LogP contribution is -2.37. The van der Waals surface area contributed by atoms with E-state index >= 15 is 0 Å². The van der Waals surface area contributed by atoms with Crippen LogP contribution in [0.1, 0.15) is 56.6 Å². The zero-order valence-corrected chi connectivity index (χ0v) is 12.9. The first kappa shape index (κ1) is 15.8. The molecule has 4 nitrogen and oxygen atoms in total. The molecule has 1 atom stereocenters. The van der Waals surface area contributed by atoms with E-state index in [4.69, 9.17) is 10.9 Å². The van der Waals surface area contributed by atoms with Crippen LogP contribution in [0.2, 0.25) is 0 Å². The molecule has 0 amide bonds. The lowest BCUT2D eigenvalue weighted by molar-refractivity contribution is 0.160. The molecular formula is C17H27N3O. The molecule has 4 heteroatoms. The summed E-state index contributed by atoms with van der Waals surface area (Å²) in [5, 5.41) is 12.1. The first-order chi connectivity index (χ1) is 10.2. The molecule has 0 aliphatic heterocycles. The molecule has 2 rings (SSSR count). The van der Waals surface area contributed by atoms with Crippen LogP contribution in [0.15, 0.2) is 35.5 Å². The van der Waals surface area contributed by atoms with E-state index in [1.54, 1.807) is 0 Å². The molecule has 1 saturated carbocycles. The maximum Gasteiger partial charge on any atom is 0.141 e. The van der Waals surface area contributed by atoms with Crippen LogP contribution in [0, 0.1) is 0 Å². The van der Waals surface area contributed by atoms with E-state index in [1.165, 1.54) is 44.1 Å². The second kappa shape index (κ2) is 8.03. The summed E-state index contributed by atoms with van der Waals surface area (Å²) in [4.78, 5) is 2.43. The van der Waals surface area contributed by atoms with Crippen LogP contribution in [-0.2, 0) is 0 Å². The number of benzene rings is 1. The molecule has 21 heavy (non-hydrogen) atoms. The Balaban J connectivity index is 2.17. The van der Waals surface area contributed by atoms with E-state index in [2.05, 4.69) is 41.4 Å². The van der Waals surface area contributed by atoms with Gasteiger partial charge >= 0.3 is 0 Å². The van der Waals surface area contributed by atoms with Crippen LogP contribution in [0.25, 0.3) is 0 Å². The van der Waals surface area contributed by atoms with Crippen LogP contribution in [0.5, 0.6) is 0 Å². The van der Waals surface area contributed by atoms with Gasteiger partial charge in [-0.05, 0) is 25.5 Å². The highest BCUT2D eigenvalue weighted by Crippen LogP contribution is 2.30. The Morgan fingerprint density at radius 2 is 1.86 bits per heavy atom. The molecule has 1 aromatic carbocycles. The zero-order chi connectivity index (χ0) is 15.1. The van der Waals surface area contributed by atoms with Crippen molar-refractivity contribution in [2.45, 2.75) is 57.0 Å². The van der Waals surface area contributed by atoms with E-state index in [-0.39, 0.29) is 6.04 Å². The summed E-state index contributed by atoms with van der Waals surface area (Å²) >= 11 is 0. The summed E-state index contributed by atoms with van der Waals surface area (Å²) in [5.74, 6) is 0.296. The van der Waals surface area contributed by atoms with Crippen LogP contribution >= 0.6 is 0 Å². The van der Waals surface area contributed by atoms with Crippen molar-refractivity contribution in [3.63, 3.8) is 0 Å². The SMILES string of the molecule is CN(C1CCCCCC1)C(CC(N)=NO)c1ccccc1. The molecule has 0 radical (unpaired) electrons. The van der Waals surface area contributed by atoms with E-state index in [0.717, 1.165) is 0 Å². The van der Waals surface area contributed by atoms with Gasteiger partial charge in [-0.15, -0.1) is 0 Å². The highest BCUT2D eigenvalue weighted by atomic mass is 16.4. The molecule has 1 unspecified atom stereocenters. The van der Waals surface area contributed by atoms with Crippen molar-refractivity contribution in [1.82, 2.24) is 4.90 Å². The topological polar surface area (TPSA) is 61.8 Å². The Kier molecular flexibility index (Phi) is 6.05. The molecule has 1 aliphatic rings. The monoisotopic (exact) mass is 289 g/mol. The molecule has 0 aromatic heterocycles. The minimum absolute atomic E-state index is 0.171. The second-order valence-electron chi connectivity index (χ2n) is 6.03. The maximum absolute atomic E-state index is 8.91. The van der Waals surface area contributed by atoms with Crippen molar-refractivity contribution < 1.29 is 5.21 Å². The Labute approximate surface area is 127 Å². The van der Waals surface area contributed by atoms with Crippen molar-refractivity contribution in [3.8, 4) is 0 Å². The molecule has 0 saturated heterocycles. The number of nitrogens with zero attached hydrogens (tertiary/aromatic N) is 2. The Bertz CT molecular complexity index is 439. The molecule has 1 aliphatic carbocycles. The Morgan fingerprint density at radius 3 is 2.43 bits per heavy atom. The number of oxime groups is 1. The van der Waals surface area contributed by atoms with E-state index in [9.17, 15) is 0 Å². The normalized spacial score (nSPS) is 19.4. The van der Waals surface area contributed by atoms with Gasteiger partial charge in [0, 0.05) is 18.5 Å². The lowest BCUT2D eigenvalue weighted by Gasteiger charge is -2.35. The number of nitrogens with two attached hydrogens (primary N) is 1. The van der Waals surface area contributed by atoms with Gasteiger partial charge in [-0.1, -0.05) is 61.2 Å². The number of amidine groups is 1. The van der Waals surface area contributed by atoms with Crippen LogP contribution in [-0.4, -0.2) is 29.0 Å². The van der Waals surface area contributed by atoms with E-state index in [0.29, 0.717) is 18.3 Å². The molecule has 0 bridgehead atoms. The number of hydrogen-bond donors (Lipinski definition) is 2. The summed E-state index contributed by atoms with van der Waals surface area (Å²) in [6.45, 7) is 0. The lowest BCUT2D eigenvalue weighted by atomic mass is 9.97. The fourth-order valence-corrected chi connectivity index (χ4v) is 3.33. The van der Waals surface area contributed by atoms with Crippen molar-refractivity contribution in [1.29, 1.82) is 0 Å². The highest BCUT2D eigenvalue weighted by Gasteiger charge is 2.25. The van der Waals surface area contributed by atoms with Crippen molar-refractivity contribution in [3.05, 3.63) is 35.9 Å². The summed E-state index contributed by atoms with van der Waals surface area (Å²) in [5.41, 5.74) is 7.02. The quantitative estimate of drug-likeness (QED) is 0.287. The second-order valence-corrected chi connectivity index (χ2v) is 6.03. The van der Waals surface area contributed by atoms with Crippen LogP contribution in [0.4, 0.5) is 0 Å². The largest absolute Gasteiger partial charge is 0.409 e. The van der Waals surface area contributed by atoms with Gasteiger partial charge in [0.25, 0.3) is 0 Å². The van der Waals surface area contributed by atoms with Gasteiger partial charge in [0.05, 0.1) is 0 Å².